The minimum absolute atomic E-state index is 0.00522. The molecule has 0 aliphatic carbocycles. The van der Waals surface area contributed by atoms with E-state index in [0.29, 0.717) is 6.42 Å². The number of carbonyl (C=O) groups excluding carboxylic acids is 1. The summed E-state index contributed by atoms with van der Waals surface area (Å²) in [4.78, 5) is 16.3. The van der Waals surface area contributed by atoms with Crippen LogP contribution in [0.2, 0.25) is 0 Å². The van der Waals surface area contributed by atoms with Crippen LogP contribution in [0.1, 0.15) is 18.9 Å². The van der Waals surface area contributed by atoms with Gasteiger partial charge in [0.15, 0.2) is 0 Å². The molecule has 4 nitrogen and oxygen atoms in total. The predicted octanol–water partition coefficient (Wildman–Crippen LogP) is 1.88. The largest absolute Gasteiger partial charge is 0.339 e. The van der Waals surface area contributed by atoms with Crippen LogP contribution in [0.15, 0.2) is 30.3 Å². The fourth-order valence-electron chi connectivity index (χ4n) is 2.51. The molecule has 0 bridgehead atoms. The number of piperazine rings is 1. The Labute approximate surface area is 120 Å². The van der Waals surface area contributed by atoms with Crippen LogP contribution in [0.3, 0.4) is 0 Å². The van der Waals surface area contributed by atoms with Crippen LogP contribution in [-0.2, 0) is 11.3 Å². The lowest BCUT2D eigenvalue weighted by molar-refractivity contribution is -0.135. The van der Waals surface area contributed by atoms with Crippen molar-refractivity contribution < 1.29 is 4.79 Å². The monoisotopic (exact) mass is 271 g/mol. The van der Waals surface area contributed by atoms with Gasteiger partial charge in [0, 0.05) is 32.7 Å². The Balaban J connectivity index is 1.84. The van der Waals surface area contributed by atoms with Gasteiger partial charge in [0.25, 0.3) is 0 Å². The minimum Gasteiger partial charge on any atom is -0.339 e. The highest BCUT2D eigenvalue weighted by atomic mass is 16.2. The van der Waals surface area contributed by atoms with Gasteiger partial charge in [-0.3, -0.25) is 9.69 Å². The predicted molar refractivity (Wildman–Crippen MR) is 77.7 cm³/mol. The van der Waals surface area contributed by atoms with E-state index in [0.717, 1.165) is 32.7 Å². The van der Waals surface area contributed by atoms with Crippen molar-refractivity contribution in [2.45, 2.75) is 19.9 Å². The molecule has 0 spiro atoms. The van der Waals surface area contributed by atoms with E-state index < -0.39 is 5.92 Å². The summed E-state index contributed by atoms with van der Waals surface area (Å²) >= 11 is 0. The SMILES string of the molecule is CCC(C#N)C(=O)N1CCN(Cc2ccccc2)CC1. The molecular weight excluding hydrogens is 250 g/mol. The second-order valence-corrected chi connectivity index (χ2v) is 5.18. The summed E-state index contributed by atoms with van der Waals surface area (Å²) in [5.74, 6) is -0.481. The van der Waals surface area contributed by atoms with Gasteiger partial charge in [0.1, 0.15) is 5.92 Å². The first-order valence-electron chi connectivity index (χ1n) is 7.19. The molecule has 4 heteroatoms. The zero-order chi connectivity index (χ0) is 14.4. The summed E-state index contributed by atoms with van der Waals surface area (Å²) in [6, 6.07) is 12.5. The number of hydrogen-bond donors (Lipinski definition) is 0. The van der Waals surface area contributed by atoms with Crippen molar-refractivity contribution in [2.75, 3.05) is 26.2 Å². The number of nitrogens with zero attached hydrogens (tertiary/aromatic N) is 3. The molecule has 0 N–H and O–H groups in total. The fourth-order valence-corrected chi connectivity index (χ4v) is 2.51. The second kappa shape index (κ2) is 7.06. The van der Waals surface area contributed by atoms with Crippen LogP contribution < -0.4 is 0 Å². The average molecular weight is 271 g/mol. The molecule has 106 valence electrons. The van der Waals surface area contributed by atoms with Crippen LogP contribution in [0.5, 0.6) is 0 Å². The summed E-state index contributed by atoms with van der Waals surface area (Å²) in [5, 5.41) is 8.97. The van der Waals surface area contributed by atoms with E-state index in [2.05, 4.69) is 23.1 Å². The summed E-state index contributed by atoms with van der Waals surface area (Å²) in [7, 11) is 0. The van der Waals surface area contributed by atoms with E-state index >= 15 is 0 Å². The number of carbonyl (C=O) groups is 1. The molecule has 0 saturated carbocycles. The highest BCUT2D eigenvalue weighted by Crippen LogP contribution is 2.12. The van der Waals surface area contributed by atoms with Crippen molar-refractivity contribution in [3.8, 4) is 6.07 Å². The quantitative estimate of drug-likeness (QED) is 0.840. The average Bonchev–Trinajstić information content (AvgIpc) is 2.50. The van der Waals surface area contributed by atoms with Crippen molar-refractivity contribution >= 4 is 5.91 Å². The Morgan fingerprint density at radius 3 is 2.45 bits per heavy atom. The Bertz CT molecular complexity index is 472. The van der Waals surface area contributed by atoms with E-state index in [1.807, 2.05) is 30.0 Å². The molecular formula is C16H21N3O. The normalized spacial score (nSPS) is 17.5. The lowest BCUT2D eigenvalue weighted by Crippen LogP contribution is -2.49. The molecule has 1 fully saturated rings. The number of hydrogen-bond acceptors (Lipinski definition) is 3. The van der Waals surface area contributed by atoms with Crippen molar-refractivity contribution in [1.29, 1.82) is 5.26 Å². The molecule has 0 aromatic heterocycles. The van der Waals surface area contributed by atoms with Gasteiger partial charge < -0.3 is 4.90 Å². The molecule has 1 aromatic carbocycles. The molecule has 1 aromatic rings. The smallest absolute Gasteiger partial charge is 0.240 e. The van der Waals surface area contributed by atoms with Crippen molar-refractivity contribution in [3.05, 3.63) is 35.9 Å². The van der Waals surface area contributed by atoms with Gasteiger partial charge in [0.05, 0.1) is 6.07 Å². The van der Waals surface area contributed by atoms with Crippen LogP contribution in [0, 0.1) is 17.2 Å². The maximum Gasteiger partial charge on any atom is 0.240 e. The first-order valence-corrected chi connectivity index (χ1v) is 7.19. The maximum atomic E-state index is 12.1. The first-order chi connectivity index (χ1) is 9.74. The van der Waals surface area contributed by atoms with Crippen molar-refractivity contribution in [1.82, 2.24) is 9.80 Å². The van der Waals surface area contributed by atoms with E-state index in [4.69, 9.17) is 5.26 Å². The van der Waals surface area contributed by atoms with Crippen LogP contribution >= 0.6 is 0 Å². The first kappa shape index (κ1) is 14.5. The molecule has 0 radical (unpaired) electrons. The Morgan fingerprint density at radius 2 is 1.90 bits per heavy atom. The third-order valence-corrected chi connectivity index (χ3v) is 3.80. The standard InChI is InChI=1S/C16H21N3O/c1-2-15(12-17)16(20)19-10-8-18(9-11-19)13-14-6-4-3-5-7-14/h3-7,15H,2,8-11,13H2,1H3. The lowest BCUT2D eigenvalue weighted by Gasteiger charge is -2.35. The van der Waals surface area contributed by atoms with Crippen LogP contribution in [-0.4, -0.2) is 41.9 Å². The lowest BCUT2D eigenvalue weighted by atomic mass is 10.1. The maximum absolute atomic E-state index is 12.1. The third-order valence-electron chi connectivity index (χ3n) is 3.80. The number of rotatable bonds is 4. The summed E-state index contributed by atoms with van der Waals surface area (Å²) < 4.78 is 0. The molecule has 1 atom stereocenters. The highest BCUT2D eigenvalue weighted by molar-refractivity contribution is 5.81. The second-order valence-electron chi connectivity index (χ2n) is 5.18. The molecule has 1 aliphatic rings. The Kier molecular flexibility index (Phi) is 5.14. The van der Waals surface area contributed by atoms with E-state index in [1.165, 1.54) is 5.56 Å². The van der Waals surface area contributed by atoms with Gasteiger partial charge in [-0.2, -0.15) is 5.26 Å². The van der Waals surface area contributed by atoms with Gasteiger partial charge in [-0.15, -0.1) is 0 Å². The molecule has 1 unspecified atom stereocenters. The topological polar surface area (TPSA) is 47.3 Å². The van der Waals surface area contributed by atoms with E-state index in [9.17, 15) is 4.79 Å². The van der Waals surface area contributed by atoms with Gasteiger partial charge in [-0.05, 0) is 12.0 Å². The molecule has 20 heavy (non-hydrogen) atoms. The highest BCUT2D eigenvalue weighted by Gasteiger charge is 2.26. The zero-order valence-corrected chi connectivity index (χ0v) is 12.0. The number of benzene rings is 1. The van der Waals surface area contributed by atoms with Crippen LogP contribution in [0.25, 0.3) is 0 Å². The molecule has 2 rings (SSSR count). The number of nitriles is 1. The molecule has 1 heterocycles. The van der Waals surface area contributed by atoms with E-state index in [-0.39, 0.29) is 5.91 Å². The van der Waals surface area contributed by atoms with Gasteiger partial charge in [-0.25, -0.2) is 0 Å². The minimum atomic E-state index is -0.476. The van der Waals surface area contributed by atoms with Gasteiger partial charge in [-0.1, -0.05) is 37.3 Å². The Hall–Kier alpha value is -1.86. The zero-order valence-electron chi connectivity index (χ0n) is 12.0. The van der Waals surface area contributed by atoms with Crippen LogP contribution in [0.4, 0.5) is 0 Å². The molecule has 1 saturated heterocycles. The van der Waals surface area contributed by atoms with E-state index in [1.54, 1.807) is 0 Å². The fraction of sp³-hybridized carbons (Fsp3) is 0.500. The summed E-state index contributed by atoms with van der Waals surface area (Å²) in [5.41, 5.74) is 1.30. The molecule has 1 aliphatic heterocycles. The number of amides is 1. The van der Waals surface area contributed by atoms with Gasteiger partial charge >= 0.3 is 0 Å². The van der Waals surface area contributed by atoms with Gasteiger partial charge in [0.2, 0.25) is 5.91 Å². The Morgan fingerprint density at radius 1 is 1.25 bits per heavy atom. The third kappa shape index (κ3) is 3.58. The molecule has 1 amide bonds. The van der Waals surface area contributed by atoms with Crippen molar-refractivity contribution in [2.24, 2.45) is 5.92 Å². The van der Waals surface area contributed by atoms with Crippen molar-refractivity contribution in [3.63, 3.8) is 0 Å². The summed E-state index contributed by atoms with van der Waals surface area (Å²) in [6.07, 6.45) is 0.597. The summed E-state index contributed by atoms with van der Waals surface area (Å²) in [6.45, 7) is 6.02.